The van der Waals surface area contributed by atoms with E-state index in [1.54, 1.807) is 23.1 Å². The number of ketones is 1. The third-order valence-electron chi connectivity index (χ3n) is 6.43. The normalized spacial score (nSPS) is 20.3. The second-order valence-corrected chi connectivity index (χ2v) is 10.1. The molecule has 1 saturated heterocycles. The maximum atomic E-state index is 13.4. The van der Waals surface area contributed by atoms with E-state index in [1.165, 1.54) is 0 Å². The van der Waals surface area contributed by atoms with Crippen LogP contribution in [0.5, 0.6) is 11.5 Å². The van der Waals surface area contributed by atoms with Gasteiger partial charge in [-0.05, 0) is 62.4 Å². The summed E-state index contributed by atoms with van der Waals surface area (Å²) in [5, 5.41) is 11.4. The molecule has 1 N–H and O–H groups in total. The summed E-state index contributed by atoms with van der Waals surface area (Å²) < 4.78 is 11.7. The van der Waals surface area contributed by atoms with Gasteiger partial charge in [-0.2, -0.15) is 0 Å². The maximum Gasteiger partial charge on any atom is 0.295 e. The smallest absolute Gasteiger partial charge is 0.295 e. The number of aliphatic hydroxyl groups is 1. The molecule has 186 valence electrons. The average Bonchev–Trinajstić information content (AvgIpc) is 3.44. The van der Waals surface area contributed by atoms with Crippen LogP contribution in [-0.4, -0.2) is 40.4 Å². The van der Waals surface area contributed by atoms with Crippen molar-refractivity contribution in [2.75, 3.05) is 6.61 Å². The van der Waals surface area contributed by atoms with Gasteiger partial charge in [-0.1, -0.05) is 51.0 Å². The largest absolute Gasteiger partial charge is 0.507 e. The fraction of sp³-hybridized carbons (Fsp3) is 0.448. The zero-order valence-electron chi connectivity index (χ0n) is 21.0. The number of rotatable bonds is 8. The van der Waals surface area contributed by atoms with Crippen LogP contribution in [0.1, 0.15) is 70.5 Å². The van der Waals surface area contributed by atoms with Crippen molar-refractivity contribution in [2.24, 2.45) is 5.92 Å². The summed E-state index contributed by atoms with van der Waals surface area (Å²) in [7, 11) is 0. The first kappa shape index (κ1) is 24.8. The van der Waals surface area contributed by atoms with Crippen molar-refractivity contribution in [3.05, 3.63) is 65.2 Å². The summed E-state index contributed by atoms with van der Waals surface area (Å²) in [4.78, 5) is 28.4. The molecule has 1 aliphatic carbocycles. The van der Waals surface area contributed by atoms with Gasteiger partial charge in [-0.3, -0.25) is 9.59 Å². The molecular weight excluding hydrogens is 442 g/mol. The molecule has 0 spiro atoms. The number of carbonyl (C=O) groups excluding carboxylic acids is 2. The number of likely N-dealkylation sites (tertiary alicyclic amines) is 1. The first-order valence-electron chi connectivity index (χ1n) is 12.6. The summed E-state index contributed by atoms with van der Waals surface area (Å²) >= 11 is 0. The first-order valence-corrected chi connectivity index (χ1v) is 12.6. The molecule has 0 bridgehead atoms. The van der Waals surface area contributed by atoms with Crippen LogP contribution in [-0.2, 0) is 9.59 Å². The zero-order chi connectivity index (χ0) is 25.1. The van der Waals surface area contributed by atoms with E-state index in [0.29, 0.717) is 29.6 Å². The van der Waals surface area contributed by atoms with Crippen LogP contribution in [0, 0.1) is 5.92 Å². The van der Waals surface area contributed by atoms with Gasteiger partial charge >= 0.3 is 0 Å². The number of benzene rings is 2. The summed E-state index contributed by atoms with van der Waals surface area (Å²) in [6.45, 7) is 8.56. The molecule has 6 nitrogen and oxygen atoms in total. The fourth-order valence-electron chi connectivity index (χ4n) is 4.92. The van der Waals surface area contributed by atoms with Crippen molar-refractivity contribution < 1.29 is 24.2 Å². The van der Waals surface area contributed by atoms with Crippen molar-refractivity contribution >= 4 is 17.4 Å². The number of hydrogen-bond donors (Lipinski definition) is 1. The topological polar surface area (TPSA) is 76.1 Å². The number of nitrogens with zero attached hydrogens (tertiary/aromatic N) is 1. The van der Waals surface area contributed by atoms with Gasteiger partial charge in [0.25, 0.3) is 11.7 Å². The van der Waals surface area contributed by atoms with E-state index < -0.39 is 17.7 Å². The lowest BCUT2D eigenvalue weighted by Gasteiger charge is -2.31. The van der Waals surface area contributed by atoms with Gasteiger partial charge < -0.3 is 19.5 Å². The van der Waals surface area contributed by atoms with Gasteiger partial charge in [0, 0.05) is 11.6 Å². The summed E-state index contributed by atoms with van der Waals surface area (Å²) in [6, 6.07) is 13.8. The highest BCUT2D eigenvalue weighted by Gasteiger charge is 2.49. The zero-order valence-corrected chi connectivity index (χ0v) is 21.0. The van der Waals surface area contributed by atoms with E-state index in [9.17, 15) is 14.7 Å². The predicted molar refractivity (Wildman–Crippen MR) is 135 cm³/mol. The number of Topliss-reactive ketones (excluding diaryl/α,β-unsaturated/α-hetero) is 1. The van der Waals surface area contributed by atoms with Crippen molar-refractivity contribution in [3.63, 3.8) is 0 Å². The Labute approximate surface area is 207 Å². The first-order chi connectivity index (χ1) is 16.8. The Bertz CT molecular complexity index is 1110. The van der Waals surface area contributed by atoms with Crippen LogP contribution in [0.15, 0.2) is 54.1 Å². The highest BCUT2D eigenvalue weighted by atomic mass is 16.5. The molecular formula is C29H35NO5. The van der Waals surface area contributed by atoms with Crippen molar-refractivity contribution in [3.8, 4) is 11.5 Å². The Morgan fingerprint density at radius 2 is 1.69 bits per heavy atom. The molecule has 1 unspecified atom stereocenters. The van der Waals surface area contributed by atoms with Crippen LogP contribution in [0.3, 0.4) is 0 Å². The quantitative estimate of drug-likeness (QED) is 0.292. The number of aliphatic hydroxyl groups excluding tert-OH is 1. The second kappa shape index (κ2) is 10.5. The fourth-order valence-corrected chi connectivity index (χ4v) is 4.92. The van der Waals surface area contributed by atoms with Gasteiger partial charge in [0.1, 0.15) is 17.3 Å². The number of amides is 1. The molecule has 6 heteroatoms. The van der Waals surface area contributed by atoms with E-state index in [-0.39, 0.29) is 23.5 Å². The lowest BCUT2D eigenvalue weighted by molar-refractivity contribution is -0.141. The lowest BCUT2D eigenvalue weighted by atomic mass is 9.94. The SMILES string of the molecule is CC(C)COc1cccc(/C(O)=C2/C(=O)C(=O)N(C3CCCC3)C2c2cccc(OC(C)C)c2)c1. The number of ether oxygens (including phenoxy) is 2. The van der Waals surface area contributed by atoms with E-state index in [4.69, 9.17) is 9.47 Å². The van der Waals surface area contributed by atoms with Gasteiger partial charge in [-0.25, -0.2) is 0 Å². The van der Waals surface area contributed by atoms with Crippen molar-refractivity contribution in [1.82, 2.24) is 4.90 Å². The highest BCUT2D eigenvalue weighted by Crippen LogP contribution is 2.44. The minimum Gasteiger partial charge on any atom is -0.507 e. The van der Waals surface area contributed by atoms with Crippen molar-refractivity contribution in [1.29, 1.82) is 0 Å². The Balaban J connectivity index is 1.81. The lowest BCUT2D eigenvalue weighted by Crippen LogP contribution is -2.37. The molecule has 0 aromatic heterocycles. The predicted octanol–water partition coefficient (Wildman–Crippen LogP) is 5.87. The Morgan fingerprint density at radius 3 is 2.37 bits per heavy atom. The summed E-state index contributed by atoms with van der Waals surface area (Å²) in [5.74, 6) is 0.243. The molecule has 0 radical (unpaired) electrons. The molecule has 35 heavy (non-hydrogen) atoms. The number of hydrogen-bond acceptors (Lipinski definition) is 5. The molecule has 1 saturated carbocycles. The van der Waals surface area contributed by atoms with Gasteiger partial charge in [0.05, 0.1) is 24.3 Å². The molecule has 4 rings (SSSR count). The van der Waals surface area contributed by atoms with Crippen molar-refractivity contribution in [2.45, 2.75) is 71.6 Å². The van der Waals surface area contributed by atoms with E-state index in [0.717, 1.165) is 31.2 Å². The third kappa shape index (κ3) is 5.37. The molecule has 2 aromatic rings. The molecule has 1 atom stereocenters. The molecule has 2 aromatic carbocycles. The van der Waals surface area contributed by atoms with Crippen LogP contribution in [0.2, 0.25) is 0 Å². The Morgan fingerprint density at radius 1 is 1.00 bits per heavy atom. The summed E-state index contributed by atoms with van der Waals surface area (Å²) in [6.07, 6.45) is 3.73. The van der Waals surface area contributed by atoms with E-state index >= 15 is 0 Å². The minimum atomic E-state index is -0.672. The number of carbonyl (C=O) groups is 2. The maximum absolute atomic E-state index is 13.4. The molecule has 1 amide bonds. The van der Waals surface area contributed by atoms with Crippen LogP contribution in [0.25, 0.3) is 5.76 Å². The van der Waals surface area contributed by atoms with Crippen LogP contribution in [0.4, 0.5) is 0 Å². The van der Waals surface area contributed by atoms with E-state index in [2.05, 4.69) is 13.8 Å². The molecule has 1 heterocycles. The van der Waals surface area contributed by atoms with E-state index in [1.807, 2.05) is 44.2 Å². The standard InChI is InChI=1S/C29H35NO5/c1-18(2)17-34-23-13-8-10-21(16-23)27(31)25-26(20-9-7-14-24(15-20)35-19(3)4)30(29(33)28(25)32)22-11-5-6-12-22/h7-10,13-16,18-19,22,26,31H,5-6,11-12,17H2,1-4H3/b27-25-. The molecule has 1 aliphatic heterocycles. The molecule has 2 aliphatic rings. The van der Waals surface area contributed by atoms with Gasteiger partial charge in [-0.15, -0.1) is 0 Å². The summed E-state index contributed by atoms with van der Waals surface area (Å²) in [5.41, 5.74) is 1.32. The third-order valence-corrected chi connectivity index (χ3v) is 6.43. The highest BCUT2D eigenvalue weighted by molar-refractivity contribution is 6.46. The van der Waals surface area contributed by atoms with Gasteiger partial charge in [0.2, 0.25) is 0 Å². The van der Waals surface area contributed by atoms with Crippen LogP contribution >= 0.6 is 0 Å². The average molecular weight is 478 g/mol. The second-order valence-electron chi connectivity index (χ2n) is 10.1. The Hall–Kier alpha value is -3.28. The molecule has 2 fully saturated rings. The van der Waals surface area contributed by atoms with Gasteiger partial charge in [0.15, 0.2) is 0 Å². The van der Waals surface area contributed by atoms with Crippen LogP contribution < -0.4 is 9.47 Å². The minimum absolute atomic E-state index is 0.0139. The monoisotopic (exact) mass is 477 g/mol. The Kier molecular flexibility index (Phi) is 7.48.